The van der Waals surface area contributed by atoms with Crippen molar-refractivity contribution in [2.24, 2.45) is 0 Å². The van der Waals surface area contributed by atoms with Gasteiger partial charge in [0.2, 0.25) is 5.95 Å². The standard InChI is InChI=1S/C14H16N6OS/c1-14(21)5-7(6-14)17-12-11-9(18-13(15)19-12)4-10(22-11)8-2-3-16-20-8/h2-4,7,21H,5-6H2,1H3,(H,16,20)(H3,15,17,18,19). The third kappa shape index (κ3) is 2.30. The van der Waals surface area contributed by atoms with Gasteiger partial charge in [-0.25, -0.2) is 4.98 Å². The molecule has 114 valence electrons. The normalized spacial score (nSPS) is 24.4. The van der Waals surface area contributed by atoms with E-state index in [1.54, 1.807) is 17.5 Å². The zero-order valence-electron chi connectivity index (χ0n) is 12.0. The third-order valence-electron chi connectivity index (χ3n) is 3.87. The highest BCUT2D eigenvalue weighted by Gasteiger charge is 2.38. The summed E-state index contributed by atoms with van der Waals surface area (Å²) in [5.41, 5.74) is 7.00. The number of nitrogens with one attached hydrogen (secondary N) is 2. The Kier molecular flexibility index (Phi) is 2.85. The average Bonchev–Trinajstić information content (AvgIpc) is 3.04. The van der Waals surface area contributed by atoms with Gasteiger partial charge in [0.05, 0.1) is 26.4 Å². The maximum Gasteiger partial charge on any atom is 0.222 e. The highest BCUT2D eigenvalue weighted by atomic mass is 32.1. The van der Waals surface area contributed by atoms with E-state index in [1.165, 1.54) is 0 Å². The Hall–Kier alpha value is -2.19. The van der Waals surface area contributed by atoms with E-state index >= 15 is 0 Å². The van der Waals surface area contributed by atoms with Crippen LogP contribution < -0.4 is 11.1 Å². The van der Waals surface area contributed by atoms with E-state index in [9.17, 15) is 5.11 Å². The van der Waals surface area contributed by atoms with Gasteiger partial charge in [0.25, 0.3) is 0 Å². The lowest BCUT2D eigenvalue weighted by Gasteiger charge is -2.41. The van der Waals surface area contributed by atoms with Gasteiger partial charge in [-0.3, -0.25) is 5.10 Å². The van der Waals surface area contributed by atoms with Crippen molar-refractivity contribution in [2.45, 2.75) is 31.4 Å². The van der Waals surface area contributed by atoms with Crippen LogP contribution in [0.15, 0.2) is 18.3 Å². The van der Waals surface area contributed by atoms with E-state index < -0.39 is 5.60 Å². The Morgan fingerprint density at radius 2 is 2.27 bits per heavy atom. The first kappa shape index (κ1) is 13.5. The second-order valence-electron chi connectivity index (χ2n) is 5.97. The molecule has 4 rings (SSSR count). The Bertz CT molecular complexity index is 817. The molecule has 3 aromatic heterocycles. The van der Waals surface area contributed by atoms with E-state index in [1.807, 2.05) is 19.1 Å². The van der Waals surface area contributed by atoms with Gasteiger partial charge in [-0.1, -0.05) is 0 Å². The molecule has 7 nitrogen and oxygen atoms in total. The third-order valence-corrected chi connectivity index (χ3v) is 5.03. The van der Waals surface area contributed by atoms with Crippen LogP contribution in [-0.2, 0) is 0 Å². The molecule has 0 saturated heterocycles. The van der Waals surface area contributed by atoms with Crippen LogP contribution in [0.25, 0.3) is 20.8 Å². The lowest BCUT2D eigenvalue weighted by molar-refractivity contribution is -0.0234. The summed E-state index contributed by atoms with van der Waals surface area (Å²) in [7, 11) is 0. The first-order valence-corrected chi connectivity index (χ1v) is 7.87. The summed E-state index contributed by atoms with van der Waals surface area (Å²) in [6.07, 6.45) is 3.13. The molecule has 0 aliphatic heterocycles. The Labute approximate surface area is 130 Å². The predicted molar refractivity (Wildman–Crippen MR) is 86.7 cm³/mol. The number of aliphatic hydroxyl groups is 1. The summed E-state index contributed by atoms with van der Waals surface area (Å²) in [5.74, 6) is 0.980. The van der Waals surface area contributed by atoms with Crippen LogP contribution in [0.2, 0.25) is 0 Å². The highest BCUT2D eigenvalue weighted by Crippen LogP contribution is 2.38. The number of anilines is 2. The largest absolute Gasteiger partial charge is 0.390 e. The molecule has 8 heteroatoms. The van der Waals surface area contributed by atoms with Crippen LogP contribution in [-0.4, -0.2) is 36.9 Å². The monoisotopic (exact) mass is 316 g/mol. The molecule has 0 aromatic carbocycles. The van der Waals surface area contributed by atoms with Crippen molar-refractivity contribution in [1.29, 1.82) is 0 Å². The summed E-state index contributed by atoms with van der Waals surface area (Å²) in [6, 6.07) is 4.11. The highest BCUT2D eigenvalue weighted by molar-refractivity contribution is 7.22. The number of nitrogen functional groups attached to an aromatic ring is 1. The lowest BCUT2D eigenvalue weighted by atomic mass is 9.77. The molecule has 22 heavy (non-hydrogen) atoms. The topological polar surface area (TPSA) is 113 Å². The van der Waals surface area contributed by atoms with Crippen molar-refractivity contribution >= 4 is 33.3 Å². The molecule has 1 aliphatic rings. The number of aromatic nitrogens is 4. The minimum Gasteiger partial charge on any atom is -0.390 e. The minimum atomic E-state index is -0.577. The summed E-state index contributed by atoms with van der Waals surface area (Å²) in [5, 5.41) is 20.1. The van der Waals surface area contributed by atoms with Gasteiger partial charge in [-0.05, 0) is 31.9 Å². The predicted octanol–water partition coefficient (Wildman–Crippen LogP) is 1.99. The van der Waals surface area contributed by atoms with Gasteiger partial charge in [-0.15, -0.1) is 11.3 Å². The van der Waals surface area contributed by atoms with Gasteiger partial charge < -0.3 is 16.2 Å². The van der Waals surface area contributed by atoms with Gasteiger partial charge in [0.15, 0.2) is 0 Å². The molecule has 1 saturated carbocycles. The molecule has 0 spiro atoms. The molecule has 0 amide bonds. The van der Waals surface area contributed by atoms with Crippen LogP contribution in [0, 0.1) is 0 Å². The fourth-order valence-corrected chi connectivity index (χ4v) is 3.89. The summed E-state index contributed by atoms with van der Waals surface area (Å²) in [6.45, 7) is 1.84. The molecule has 0 radical (unpaired) electrons. The number of nitrogens with two attached hydrogens (primary N) is 1. The molecule has 0 atom stereocenters. The van der Waals surface area contributed by atoms with E-state index in [-0.39, 0.29) is 12.0 Å². The van der Waals surface area contributed by atoms with Crippen LogP contribution in [0.1, 0.15) is 19.8 Å². The molecular formula is C14H16N6OS. The Balaban J connectivity index is 1.71. The van der Waals surface area contributed by atoms with Crippen molar-refractivity contribution in [1.82, 2.24) is 20.2 Å². The van der Waals surface area contributed by atoms with Crippen molar-refractivity contribution in [3.63, 3.8) is 0 Å². The first-order chi connectivity index (χ1) is 10.5. The zero-order chi connectivity index (χ0) is 15.3. The fourth-order valence-electron chi connectivity index (χ4n) is 2.87. The molecule has 5 N–H and O–H groups in total. The molecule has 1 aliphatic carbocycles. The number of H-pyrrole nitrogens is 1. The smallest absolute Gasteiger partial charge is 0.222 e. The molecule has 3 heterocycles. The molecule has 3 aromatic rings. The van der Waals surface area contributed by atoms with Crippen molar-refractivity contribution in [2.75, 3.05) is 11.1 Å². The van der Waals surface area contributed by atoms with E-state index in [4.69, 9.17) is 5.73 Å². The average molecular weight is 316 g/mol. The molecule has 0 bridgehead atoms. The number of hydrogen-bond donors (Lipinski definition) is 4. The van der Waals surface area contributed by atoms with Gasteiger partial charge in [0.1, 0.15) is 5.82 Å². The van der Waals surface area contributed by atoms with E-state index in [0.29, 0.717) is 12.8 Å². The van der Waals surface area contributed by atoms with Crippen molar-refractivity contribution < 1.29 is 5.11 Å². The molecular weight excluding hydrogens is 300 g/mol. The number of aromatic amines is 1. The number of thiophene rings is 1. The zero-order valence-corrected chi connectivity index (χ0v) is 12.8. The van der Waals surface area contributed by atoms with Crippen LogP contribution in [0.5, 0.6) is 0 Å². The lowest BCUT2D eigenvalue weighted by Crippen LogP contribution is -2.48. The summed E-state index contributed by atoms with van der Waals surface area (Å²) in [4.78, 5) is 9.66. The van der Waals surface area contributed by atoms with Gasteiger partial charge in [-0.2, -0.15) is 10.1 Å². The Morgan fingerprint density at radius 3 is 2.95 bits per heavy atom. The number of rotatable bonds is 3. The first-order valence-electron chi connectivity index (χ1n) is 7.06. The van der Waals surface area contributed by atoms with Gasteiger partial charge in [0, 0.05) is 12.2 Å². The number of fused-ring (bicyclic) bond motifs is 1. The number of hydrogen-bond acceptors (Lipinski definition) is 7. The second kappa shape index (κ2) is 4.65. The van der Waals surface area contributed by atoms with E-state index in [2.05, 4.69) is 25.5 Å². The van der Waals surface area contributed by atoms with Crippen LogP contribution >= 0.6 is 11.3 Å². The summed E-state index contributed by atoms with van der Waals surface area (Å²) < 4.78 is 0.963. The molecule has 1 fully saturated rings. The SMILES string of the molecule is CC1(O)CC(Nc2nc(N)nc3cc(-c4ccn[nH]4)sc23)C1. The maximum absolute atomic E-state index is 9.85. The quantitative estimate of drug-likeness (QED) is 0.588. The van der Waals surface area contributed by atoms with Crippen LogP contribution in [0.3, 0.4) is 0 Å². The molecule has 0 unspecified atom stereocenters. The second-order valence-corrected chi connectivity index (χ2v) is 7.02. The van der Waals surface area contributed by atoms with Gasteiger partial charge >= 0.3 is 0 Å². The van der Waals surface area contributed by atoms with Crippen molar-refractivity contribution in [3.8, 4) is 10.6 Å². The van der Waals surface area contributed by atoms with Crippen molar-refractivity contribution in [3.05, 3.63) is 18.3 Å². The summed E-state index contributed by atoms with van der Waals surface area (Å²) >= 11 is 1.59. The fraction of sp³-hybridized carbons (Fsp3) is 0.357. The van der Waals surface area contributed by atoms with Crippen LogP contribution in [0.4, 0.5) is 11.8 Å². The number of nitrogens with zero attached hydrogens (tertiary/aromatic N) is 3. The minimum absolute atomic E-state index is 0.213. The maximum atomic E-state index is 9.85. The Morgan fingerprint density at radius 1 is 1.45 bits per heavy atom. The van der Waals surface area contributed by atoms with E-state index in [0.717, 1.165) is 26.6 Å².